The van der Waals surface area contributed by atoms with Gasteiger partial charge in [-0.3, -0.25) is 19.2 Å². The molecular formula is C21H23N5O4. The van der Waals surface area contributed by atoms with Crippen molar-refractivity contribution < 1.29 is 19.2 Å². The number of nitrogens with zero attached hydrogens (tertiary/aromatic N) is 1. The van der Waals surface area contributed by atoms with Gasteiger partial charge < -0.3 is 16.0 Å². The topological polar surface area (TPSA) is 129 Å². The van der Waals surface area contributed by atoms with Crippen molar-refractivity contribution in [3.05, 3.63) is 54.1 Å². The van der Waals surface area contributed by atoms with E-state index in [0.29, 0.717) is 22.8 Å². The first-order valence-electron chi connectivity index (χ1n) is 9.13. The van der Waals surface area contributed by atoms with E-state index in [-0.39, 0.29) is 12.3 Å². The summed E-state index contributed by atoms with van der Waals surface area (Å²) in [5.41, 5.74) is 4.66. The molecular weight excluding hydrogens is 386 g/mol. The van der Waals surface area contributed by atoms with Crippen LogP contribution in [-0.4, -0.2) is 29.3 Å². The zero-order valence-corrected chi connectivity index (χ0v) is 16.9. The third kappa shape index (κ3) is 6.86. The molecule has 0 saturated carbocycles. The van der Waals surface area contributed by atoms with E-state index in [1.807, 2.05) is 6.07 Å². The Bertz CT molecular complexity index is 1000. The molecule has 9 heteroatoms. The fourth-order valence-electron chi connectivity index (χ4n) is 2.45. The van der Waals surface area contributed by atoms with Crippen molar-refractivity contribution in [2.75, 3.05) is 16.0 Å². The van der Waals surface area contributed by atoms with Gasteiger partial charge in [-0.15, -0.1) is 0 Å². The number of hydrazone groups is 1. The molecule has 0 heterocycles. The number of amides is 4. The number of carbonyl (C=O) groups excluding carboxylic acids is 4. The zero-order valence-electron chi connectivity index (χ0n) is 16.9. The lowest BCUT2D eigenvalue weighted by Gasteiger charge is -2.11. The average molecular weight is 409 g/mol. The van der Waals surface area contributed by atoms with Gasteiger partial charge >= 0.3 is 11.8 Å². The molecule has 0 saturated heterocycles. The molecule has 0 aromatic heterocycles. The molecule has 156 valence electrons. The molecule has 0 atom stereocenters. The monoisotopic (exact) mass is 409 g/mol. The molecule has 0 bridgehead atoms. The quantitative estimate of drug-likeness (QED) is 0.332. The molecule has 0 aliphatic heterocycles. The smallest absolute Gasteiger partial charge is 0.325 e. The van der Waals surface area contributed by atoms with Gasteiger partial charge in [0, 0.05) is 18.3 Å². The predicted molar refractivity (Wildman–Crippen MR) is 115 cm³/mol. The van der Waals surface area contributed by atoms with Crippen LogP contribution in [0.15, 0.2) is 53.6 Å². The molecule has 4 amide bonds. The SMILES string of the molecule is CC(=O)Nc1ccccc1NC(=O)C/C(C)=N\NC(=O)C(=O)Nc1ccccc1C. The molecule has 0 aliphatic rings. The van der Waals surface area contributed by atoms with Crippen molar-refractivity contribution in [2.24, 2.45) is 5.10 Å². The van der Waals surface area contributed by atoms with Gasteiger partial charge in [-0.2, -0.15) is 5.10 Å². The molecule has 30 heavy (non-hydrogen) atoms. The van der Waals surface area contributed by atoms with Crippen LogP contribution in [0, 0.1) is 6.92 Å². The lowest BCUT2D eigenvalue weighted by atomic mass is 10.2. The Labute approximate surface area is 173 Å². The van der Waals surface area contributed by atoms with Crippen LogP contribution in [0.1, 0.15) is 25.8 Å². The number of benzene rings is 2. The first-order valence-corrected chi connectivity index (χ1v) is 9.13. The van der Waals surface area contributed by atoms with Gasteiger partial charge in [0.15, 0.2) is 0 Å². The summed E-state index contributed by atoms with van der Waals surface area (Å²) in [6, 6.07) is 13.8. The van der Waals surface area contributed by atoms with Crippen LogP contribution in [-0.2, 0) is 19.2 Å². The second-order valence-corrected chi connectivity index (χ2v) is 6.51. The Kier molecular flexibility index (Phi) is 7.81. The first-order chi connectivity index (χ1) is 14.3. The van der Waals surface area contributed by atoms with Gasteiger partial charge in [0.2, 0.25) is 11.8 Å². The largest absolute Gasteiger partial charge is 0.329 e. The fourth-order valence-corrected chi connectivity index (χ4v) is 2.45. The highest BCUT2D eigenvalue weighted by molar-refractivity contribution is 6.39. The van der Waals surface area contributed by atoms with Crippen molar-refractivity contribution >= 4 is 46.4 Å². The van der Waals surface area contributed by atoms with E-state index in [9.17, 15) is 19.2 Å². The number of aryl methyl sites for hydroxylation is 1. The molecule has 0 aliphatic carbocycles. The van der Waals surface area contributed by atoms with E-state index >= 15 is 0 Å². The van der Waals surface area contributed by atoms with Crippen molar-refractivity contribution in [2.45, 2.75) is 27.2 Å². The summed E-state index contributed by atoms with van der Waals surface area (Å²) >= 11 is 0. The normalized spacial score (nSPS) is 10.7. The van der Waals surface area contributed by atoms with Gasteiger partial charge in [-0.1, -0.05) is 30.3 Å². The second kappa shape index (κ2) is 10.5. The summed E-state index contributed by atoms with van der Waals surface area (Å²) in [4.78, 5) is 47.3. The van der Waals surface area contributed by atoms with Gasteiger partial charge in [0.25, 0.3) is 0 Å². The third-order valence-electron chi connectivity index (χ3n) is 3.88. The molecule has 0 fully saturated rings. The Morgan fingerprint density at radius 3 is 1.93 bits per heavy atom. The number of hydrogen-bond acceptors (Lipinski definition) is 5. The number of rotatable bonds is 6. The number of anilines is 3. The van der Waals surface area contributed by atoms with E-state index in [4.69, 9.17) is 0 Å². The number of carbonyl (C=O) groups is 4. The Morgan fingerprint density at radius 1 is 0.767 bits per heavy atom. The minimum atomic E-state index is -0.950. The maximum atomic E-state index is 12.2. The zero-order chi connectivity index (χ0) is 22.1. The van der Waals surface area contributed by atoms with Crippen molar-refractivity contribution in [3.63, 3.8) is 0 Å². The standard InChI is InChI=1S/C21H23N5O4/c1-13-8-4-5-9-16(13)24-20(29)21(30)26-25-14(2)12-19(28)23-18-11-7-6-10-17(18)22-15(3)27/h4-11H,12H2,1-3H3,(H,22,27)(H,23,28)(H,24,29)(H,26,30)/b25-14-. The Balaban J connectivity index is 1.89. The van der Waals surface area contributed by atoms with Crippen LogP contribution in [0.2, 0.25) is 0 Å². The summed E-state index contributed by atoms with van der Waals surface area (Å²) in [5, 5.41) is 11.6. The van der Waals surface area contributed by atoms with Crippen LogP contribution in [0.5, 0.6) is 0 Å². The van der Waals surface area contributed by atoms with E-state index < -0.39 is 17.7 Å². The average Bonchev–Trinajstić information content (AvgIpc) is 2.69. The van der Waals surface area contributed by atoms with Gasteiger partial charge in [-0.05, 0) is 37.6 Å². The third-order valence-corrected chi connectivity index (χ3v) is 3.88. The van der Waals surface area contributed by atoms with Crippen molar-refractivity contribution in [1.29, 1.82) is 0 Å². The maximum Gasteiger partial charge on any atom is 0.329 e. The minimum absolute atomic E-state index is 0.117. The Morgan fingerprint density at radius 2 is 1.33 bits per heavy atom. The maximum absolute atomic E-state index is 12.2. The lowest BCUT2D eigenvalue weighted by molar-refractivity contribution is -0.136. The number of hydrogen-bond donors (Lipinski definition) is 4. The summed E-state index contributed by atoms with van der Waals surface area (Å²) in [6.07, 6.45) is -0.117. The molecule has 2 aromatic carbocycles. The van der Waals surface area contributed by atoms with Crippen LogP contribution in [0.25, 0.3) is 0 Å². The highest BCUT2D eigenvalue weighted by Gasteiger charge is 2.14. The summed E-state index contributed by atoms with van der Waals surface area (Å²) in [6.45, 7) is 4.71. The van der Waals surface area contributed by atoms with Crippen LogP contribution >= 0.6 is 0 Å². The van der Waals surface area contributed by atoms with Gasteiger partial charge in [-0.25, -0.2) is 5.43 Å². The Hall–Kier alpha value is -4.01. The minimum Gasteiger partial charge on any atom is -0.325 e. The van der Waals surface area contributed by atoms with E-state index in [1.54, 1.807) is 56.3 Å². The highest BCUT2D eigenvalue weighted by atomic mass is 16.2. The van der Waals surface area contributed by atoms with Crippen LogP contribution in [0.4, 0.5) is 17.1 Å². The van der Waals surface area contributed by atoms with Crippen LogP contribution in [0.3, 0.4) is 0 Å². The molecule has 2 rings (SSSR count). The van der Waals surface area contributed by atoms with E-state index in [0.717, 1.165) is 5.56 Å². The van der Waals surface area contributed by atoms with E-state index in [2.05, 4.69) is 26.5 Å². The number of para-hydroxylation sites is 3. The summed E-state index contributed by atoms with van der Waals surface area (Å²) in [7, 11) is 0. The first kappa shape index (κ1) is 22.3. The molecule has 0 spiro atoms. The highest BCUT2D eigenvalue weighted by Crippen LogP contribution is 2.21. The fraction of sp³-hybridized carbons (Fsp3) is 0.190. The molecule has 4 N–H and O–H groups in total. The molecule has 0 unspecified atom stereocenters. The van der Waals surface area contributed by atoms with Crippen LogP contribution < -0.4 is 21.4 Å². The number of nitrogens with one attached hydrogen (secondary N) is 4. The second-order valence-electron chi connectivity index (χ2n) is 6.51. The lowest BCUT2D eigenvalue weighted by Crippen LogP contribution is -2.33. The van der Waals surface area contributed by atoms with Gasteiger partial charge in [0.1, 0.15) is 0 Å². The van der Waals surface area contributed by atoms with Crippen molar-refractivity contribution in [3.8, 4) is 0 Å². The predicted octanol–water partition coefficient (Wildman–Crippen LogP) is 2.41. The summed E-state index contributed by atoms with van der Waals surface area (Å²) < 4.78 is 0. The molecule has 0 radical (unpaired) electrons. The molecule has 2 aromatic rings. The van der Waals surface area contributed by atoms with E-state index in [1.165, 1.54) is 6.92 Å². The summed E-state index contributed by atoms with van der Waals surface area (Å²) in [5.74, 6) is -2.47. The van der Waals surface area contributed by atoms with Crippen molar-refractivity contribution in [1.82, 2.24) is 5.43 Å². The molecule has 9 nitrogen and oxygen atoms in total. The van der Waals surface area contributed by atoms with Gasteiger partial charge in [0.05, 0.1) is 17.8 Å².